The minimum atomic E-state index is -0.460. The molecule has 2 aromatic carbocycles. The van der Waals surface area contributed by atoms with Gasteiger partial charge < -0.3 is 4.90 Å². The van der Waals surface area contributed by atoms with E-state index in [2.05, 4.69) is 0 Å². The van der Waals surface area contributed by atoms with Crippen LogP contribution >= 0.6 is 24.0 Å². The number of nitro benzene ring substituents is 1. The number of thioether (sulfide) groups is 1. The van der Waals surface area contributed by atoms with Gasteiger partial charge in [-0.25, -0.2) is 0 Å². The van der Waals surface area contributed by atoms with Gasteiger partial charge in [-0.2, -0.15) is 0 Å². The highest BCUT2D eigenvalue weighted by Gasteiger charge is 2.34. The van der Waals surface area contributed by atoms with E-state index in [9.17, 15) is 14.9 Å². The summed E-state index contributed by atoms with van der Waals surface area (Å²) in [6, 6.07) is 12.2. The molecule has 0 radical (unpaired) electrons. The van der Waals surface area contributed by atoms with Gasteiger partial charge in [-0.3, -0.25) is 19.8 Å². The largest absolute Gasteiger partial charge is 0.378 e. The topological polar surface area (TPSA) is 66.7 Å². The van der Waals surface area contributed by atoms with E-state index in [0.717, 1.165) is 11.3 Å². The van der Waals surface area contributed by atoms with Crippen molar-refractivity contribution in [3.05, 3.63) is 68.6 Å². The van der Waals surface area contributed by atoms with E-state index in [4.69, 9.17) is 12.2 Å². The summed E-state index contributed by atoms with van der Waals surface area (Å²) in [6.45, 7) is 1.73. The van der Waals surface area contributed by atoms with Crippen LogP contribution in [0, 0.1) is 17.0 Å². The maximum Gasteiger partial charge on any atom is 0.270 e. The Hall–Kier alpha value is -2.71. The number of rotatable bonds is 4. The first-order chi connectivity index (χ1) is 12.8. The van der Waals surface area contributed by atoms with Gasteiger partial charge >= 0.3 is 0 Å². The van der Waals surface area contributed by atoms with Crippen molar-refractivity contribution in [1.29, 1.82) is 0 Å². The summed E-state index contributed by atoms with van der Waals surface area (Å²) in [6.07, 6.45) is 1.81. The van der Waals surface area contributed by atoms with E-state index < -0.39 is 4.92 Å². The molecule has 8 heteroatoms. The Morgan fingerprint density at radius 2 is 1.85 bits per heavy atom. The molecule has 1 amide bonds. The molecule has 1 aliphatic heterocycles. The molecule has 0 N–H and O–H groups in total. The van der Waals surface area contributed by atoms with E-state index in [1.807, 2.05) is 43.3 Å². The highest BCUT2D eigenvalue weighted by atomic mass is 32.2. The van der Waals surface area contributed by atoms with Crippen LogP contribution in [0.25, 0.3) is 6.08 Å². The molecular formula is C19H17N3O3S2. The third kappa shape index (κ3) is 3.86. The summed E-state index contributed by atoms with van der Waals surface area (Å²) in [5, 5.41) is 10.9. The molecule has 1 aliphatic rings. The van der Waals surface area contributed by atoms with Gasteiger partial charge in [0.1, 0.15) is 0 Å². The number of anilines is 2. The molecule has 0 spiro atoms. The van der Waals surface area contributed by atoms with Gasteiger partial charge in [0.05, 0.1) is 15.5 Å². The number of benzene rings is 2. The molecule has 3 rings (SSSR count). The predicted octanol–water partition coefficient (Wildman–Crippen LogP) is 4.38. The first-order valence-corrected chi connectivity index (χ1v) is 9.31. The molecule has 2 aromatic rings. The van der Waals surface area contributed by atoms with Crippen molar-refractivity contribution in [1.82, 2.24) is 0 Å². The normalized spacial score (nSPS) is 15.5. The molecular weight excluding hydrogens is 382 g/mol. The number of non-ortho nitro benzene ring substituents is 1. The Balaban J connectivity index is 1.90. The average Bonchev–Trinajstić information content (AvgIpc) is 2.89. The molecule has 138 valence electrons. The van der Waals surface area contributed by atoms with Crippen molar-refractivity contribution >= 4 is 57.3 Å². The van der Waals surface area contributed by atoms with Gasteiger partial charge in [0.25, 0.3) is 11.6 Å². The van der Waals surface area contributed by atoms with Gasteiger partial charge in [0.15, 0.2) is 4.32 Å². The second-order valence-corrected chi connectivity index (χ2v) is 7.91. The maximum absolute atomic E-state index is 12.9. The van der Waals surface area contributed by atoms with E-state index >= 15 is 0 Å². The number of nitrogens with zero attached hydrogens (tertiary/aromatic N) is 3. The summed E-state index contributed by atoms with van der Waals surface area (Å²) in [5.41, 5.74) is 3.15. The molecule has 0 aliphatic carbocycles. The van der Waals surface area contributed by atoms with Crippen molar-refractivity contribution in [3.8, 4) is 0 Å². The number of hydrogen-bond acceptors (Lipinski definition) is 6. The molecule has 0 bridgehead atoms. The van der Waals surface area contributed by atoms with Crippen LogP contribution in [-0.2, 0) is 4.79 Å². The molecule has 0 unspecified atom stereocenters. The average molecular weight is 399 g/mol. The van der Waals surface area contributed by atoms with E-state index in [1.54, 1.807) is 19.1 Å². The zero-order valence-electron chi connectivity index (χ0n) is 15.0. The lowest BCUT2D eigenvalue weighted by Crippen LogP contribution is -2.28. The van der Waals surface area contributed by atoms with Crippen LogP contribution < -0.4 is 9.80 Å². The second-order valence-electron chi connectivity index (χ2n) is 6.23. The minimum absolute atomic E-state index is 0.0155. The van der Waals surface area contributed by atoms with Gasteiger partial charge in [0.2, 0.25) is 0 Å². The van der Waals surface area contributed by atoms with Gasteiger partial charge in [-0.15, -0.1) is 0 Å². The van der Waals surface area contributed by atoms with E-state index in [1.165, 1.54) is 28.8 Å². The fourth-order valence-electron chi connectivity index (χ4n) is 2.70. The summed E-state index contributed by atoms with van der Waals surface area (Å²) in [7, 11) is 3.93. The molecule has 1 heterocycles. The Morgan fingerprint density at radius 3 is 2.41 bits per heavy atom. The summed E-state index contributed by atoms with van der Waals surface area (Å²) >= 11 is 6.60. The predicted molar refractivity (Wildman–Crippen MR) is 114 cm³/mol. The number of thiocarbonyl (C=S) groups is 1. The number of amides is 1. The lowest BCUT2D eigenvalue weighted by Gasteiger charge is -2.16. The van der Waals surface area contributed by atoms with Crippen LogP contribution in [0.4, 0.5) is 17.1 Å². The molecule has 1 fully saturated rings. The minimum Gasteiger partial charge on any atom is -0.378 e. The Kier molecular flexibility index (Phi) is 5.29. The highest BCUT2D eigenvalue weighted by molar-refractivity contribution is 8.27. The molecule has 27 heavy (non-hydrogen) atoms. The maximum atomic E-state index is 12.9. The Morgan fingerprint density at radius 1 is 1.19 bits per heavy atom. The van der Waals surface area contributed by atoms with E-state index in [0.29, 0.717) is 20.5 Å². The smallest absolute Gasteiger partial charge is 0.270 e. The van der Waals surface area contributed by atoms with Crippen molar-refractivity contribution in [2.75, 3.05) is 23.9 Å². The van der Waals surface area contributed by atoms with Crippen LogP contribution in [0.1, 0.15) is 11.1 Å². The number of hydrogen-bond donors (Lipinski definition) is 0. The van der Waals surface area contributed by atoms with Gasteiger partial charge in [-0.05, 0) is 42.3 Å². The molecule has 0 atom stereocenters. The van der Waals surface area contributed by atoms with Crippen LogP contribution in [0.3, 0.4) is 0 Å². The van der Waals surface area contributed by atoms with Crippen LogP contribution in [-0.4, -0.2) is 29.2 Å². The fraction of sp³-hybridized carbons (Fsp3) is 0.158. The zero-order valence-corrected chi connectivity index (χ0v) is 16.6. The Bertz CT molecular complexity index is 969. The van der Waals surface area contributed by atoms with Gasteiger partial charge in [-0.1, -0.05) is 36.1 Å². The van der Waals surface area contributed by atoms with E-state index in [-0.39, 0.29) is 11.6 Å². The first-order valence-electron chi connectivity index (χ1n) is 8.08. The molecule has 1 saturated heterocycles. The van der Waals surface area contributed by atoms with Crippen molar-refractivity contribution in [3.63, 3.8) is 0 Å². The van der Waals surface area contributed by atoms with Crippen molar-refractivity contribution in [2.45, 2.75) is 6.92 Å². The summed E-state index contributed by atoms with van der Waals surface area (Å²) in [5.74, 6) is -0.223. The monoisotopic (exact) mass is 399 g/mol. The van der Waals surface area contributed by atoms with Crippen LogP contribution in [0.2, 0.25) is 0 Å². The first kappa shape index (κ1) is 19.1. The second kappa shape index (κ2) is 7.50. The van der Waals surface area contributed by atoms with Crippen LogP contribution in [0.5, 0.6) is 0 Å². The zero-order chi connectivity index (χ0) is 19.7. The number of nitro groups is 1. The lowest BCUT2D eigenvalue weighted by molar-refractivity contribution is -0.384. The standard InChI is InChI=1S/C19H17N3O3S2/c1-12-10-15(22(24)25)8-9-16(12)21-18(23)17(27-19(21)26)11-13-4-6-14(7-5-13)20(2)3/h4-11H,1-3H3/b17-11-. The third-order valence-corrected chi connectivity index (χ3v) is 5.44. The van der Waals surface area contributed by atoms with Crippen molar-refractivity contribution < 1.29 is 9.72 Å². The number of aryl methyl sites for hydroxylation is 1. The van der Waals surface area contributed by atoms with Crippen LogP contribution in [0.15, 0.2) is 47.4 Å². The SMILES string of the molecule is Cc1cc([N+](=O)[O-])ccc1N1C(=O)/C(=C/c2ccc(N(C)C)cc2)SC1=S. The highest BCUT2D eigenvalue weighted by Crippen LogP contribution is 2.38. The molecule has 6 nitrogen and oxygen atoms in total. The lowest BCUT2D eigenvalue weighted by atomic mass is 10.1. The number of carbonyl (C=O) groups excluding carboxylic acids is 1. The van der Waals surface area contributed by atoms with Crippen molar-refractivity contribution in [2.24, 2.45) is 0 Å². The third-order valence-electron chi connectivity index (χ3n) is 4.13. The molecule has 0 saturated carbocycles. The Labute approximate surface area is 166 Å². The summed E-state index contributed by atoms with van der Waals surface area (Å²) < 4.78 is 0.410. The molecule has 0 aromatic heterocycles. The number of carbonyl (C=O) groups is 1. The van der Waals surface area contributed by atoms with Gasteiger partial charge in [0, 0.05) is 31.9 Å². The summed E-state index contributed by atoms with van der Waals surface area (Å²) in [4.78, 5) is 27.3. The fourth-order valence-corrected chi connectivity index (χ4v) is 3.98. The quantitative estimate of drug-likeness (QED) is 0.329.